The first-order chi connectivity index (χ1) is 15.9. The molecule has 0 atom stereocenters. The van der Waals surface area contributed by atoms with E-state index in [1.54, 1.807) is 7.11 Å². The average Bonchev–Trinajstić information content (AvgIpc) is 3.19. The van der Waals surface area contributed by atoms with Crippen molar-refractivity contribution in [3.8, 4) is 5.75 Å². The number of H-pyrrole nitrogens is 1. The summed E-state index contributed by atoms with van der Waals surface area (Å²) in [6.07, 6.45) is 1.78. The van der Waals surface area contributed by atoms with E-state index in [1.807, 2.05) is 37.3 Å². The third-order valence-electron chi connectivity index (χ3n) is 5.21. The lowest BCUT2D eigenvalue weighted by Crippen LogP contribution is -2.40. The largest absolute Gasteiger partial charge is 0.490 e. The maximum atomic E-state index is 11.3. The molecule has 1 saturated heterocycles. The zero-order chi connectivity index (χ0) is 23.4. The van der Waals surface area contributed by atoms with E-state index in [4.69, 9.17) is 20.4 Å². The van der Waals surface area contributed by atoms with E-state index < -0.39 is 0 Å². The number of nitrogens with zero attached hydrogens (tertiary/aromatic N) is 4. The quantitative estimate of drug-likeness (QED) is 0.385. The van der Waals surface area contributed by atoms with Gasteiger partial charge in [0, 0.05) is 48.4 Å². The third kappa shape index (κ3) is 5.74. The van der Waals surface area contributed by atoms with Crippen LogP contribution in [0.2, 0.25) is 0 Å². The lowest BCUT2D eigenvalue weighted by Gasteiger charge is -2.32. The van der Waals surface area contributed by atoms with Gasteiger partial charge in [0.05, 0.1) is 7.11 Å². The van der Waals surface area contributed by atoms with Crippen molar-refractivity contribution in [2.75, 3.05) is 35.7 Å². The molecule has 174 valence electrons. The summed E-state index contributed by atoms with van der Waals surface area (Å²) in [5.41, 5.74) is 7.78. The van der Waals surface area contributed by atoms with Crippen molar-refractivity contribution in [3.05, 3.63) is 36.0 Å². The minimum absolute atomic E-state index is 0.107. The highest BCUT2D eigenvalue weighted by Crippen LogP contribution is 2.38. The van der Waals surface area contributed by atoms with Gasteiger partial charge in [0.1, 0.15) is 0 Å². The topological polar surface area (TPSA) is 134 Å². The van der Waals surface area contributed by atoms with E-state index in [2.05, 4.69) is 25.7 Å². The van der Waals surface area contributed by atoms with Crippen molar-refractivity contribution >= 4 is 40.8 Å². The molecule has 5 N–H and O–H groups in total. The molecule has 1 amide bonds. The molecule has 0 saturated carbocycles. The van der Waals surface area contributed by atoms with Crippen LogP contribution in [0.15, 0.2) is 40.4 Å². The van der Waals surface area contributed by atoms with Gasteiger partial charge >= 0.3 is 0 Å². The lowest BCUT2D eigenvalue weighted by atomic mass is 10.1. The summed E-state index contributed by atoms with van der Waals surface area (Å²) < 4.78 is 5.75. The number of nitrogens with one attached hydrogen (secondary N) is 3. The van der Waals surface area contributed by atoms with Crippen molar-refractivity contribution in [2.24, 2.45) is 5.73 Å². The summed E-state index contributed by atoms with van der Waals surface area (Å²) in [5.74, 6) is 2.38. The van der Waals surface area contributed by atoms with Crippen LogP contribution in [-0.4, -0.2) is 52.3 Å². The monoisotopic (exact) mass is 468 g/mol. The fourth-order valence-electron chi connectivity index (χ4n) is 3.58. The molecule has 1 fully saturated rings. The Morgan fingerprint density at radius 2 is 1.97 bits per heavy atom. The van der Waals surface area contributed by atoms with Gasteiger partial charge in [-0.3, -0.25) is 9.89 Å². The summed E-state index contributed by atoms with van der Waals surface area (Å²) in [6.45, 7) is 5.01. The van der Waals surface area contributed by atoms with Crippen molar-refractivity contribution in [1.29, 1.82) is 0 Å². The Balaban J connectivity index is 1.67. The molecule has 10 nitrogen and oxygen atoms in total. The third-order valence-corrected chi connectivity index (χ3v) is 6.08. The number of aryl methyl sites for hydroxylation is 1. The molecule has 0 aliphatic carbocycles. The molecular formula is C22H28N8O2S. The summed E-state index contributed by atoms with van der Waals surface area (Å²) in [6, 6.07) is 9.65. The number of nitrogens with two attached hydrogens (primary N) is 1. The average molecular weight is 469 g/mol. The fraction of sp³-hybridized carbons (Fsp3) is 0.364. The molecule has 1 aliphatic heterocycles. The van der Waals surface area contributed by atoms with Gasteiger partial charge in [-0.25, -0.2) is 9.97 Å². The summed E-state index contributed by atoms with van der Waals surface area (Å²) in [5, 5.41) is 13.8. The van der Waals surface area contributed by atoms with Gasteiger partial charge in [-0.05, 0) is 55.8 Å². The first-order valence-corrected chi connectivity index (χ1v) is 11.5. The van der Waals surface area contributed by atoms with Crippen LogP contribution in [0.3, 0.4) is 0 Å². The Kier molecular flexibility index (Phi) is 6.99. The van der Waals surface area contributed by atoms with Crippen LogP contribution in [0.4, 0.5) is 23.1 Å². The number of piperidine rings is 1. The molecule has 3 heterocycles. The predicted molar refractivity (Wildman–Crippen MR) is 129 cm³/mol. The molecular weight excluding hydrogens is 440 g/mol. The second-order valence-corrected chi connectivity index (χ2v) is 8.95. The number of ether oxygens (including phenoxy) is 1. The molecule has 0 unspecified atom stereocenters. The van der Waals surface area contributed by atoms with Crippen LogP contribution in [-0.2, 0) is 4.79 Å². The van der Waals surface area contributed by atoms with E-state index in [0.29, 0.717) is 22.5 Å². The standard InChI is InChI=1S/C22H28N8O2S/c1-13-12-18(29-28-13)25-20-19(32-3)21(30-10-8-15(23)9-11-30)27-22(26-20)33-17-6-4-16(5-7-17)24-14(2)31/h4-7,12,15H,8-11,23H2,1-3H3,(H,24,31)(H2,25,26,27,28,29). The van der Waals surface area contributed by atoms with Crippen molar-refractivity contribution in [2.45, 2.75) is 42.8 Å². The van der Waals surface area contributed by atoms with E-state index in [-0.39, 0.29) is 11.9 Å². The Morgan fingerprint density at radius 3 is 2.58 bits per heavy atom. The van der Waals surface area contributed by atoms with Gasteiger partial charge in [0.15, 0.2) is 22.6 Å². The second-order valence-electron chi connectivity index (χ2n) is 7.90. The van der Waals surface area contributed by atoms with Crippen LogP contribution >= 0.6 is 11.8 Å². The van der Waals surface area contributed by atoms with Crippen LogP contribution in [0, 0.1) is 6.92 Å². The number of anilines is 4. The second kappa shape index (κ2) is 10.1. The van der Waals surface area contributed by atoms with Gasteiger partial charge in [-0.15, -0.1) is 0 Å². The predicted octanol–water partition coefficient (Wildman–Crippen LogP) is 3.30. The van der Waals surface area contributed by atoms with Crippen LogP contribution in [0.25, 0.3) is 0 Å². The highest BCUT2D eigenvalue weighted by molar-refractivity contribution is 7.99. The zero-order valence-corrected chi connectivity index (χ0v) is 19.7. The highest BCUT2D eigenvalue weighted by atomic mass is 32.2. The SMILES string of the molecule is COc1c(Nc2cc(C)[nH]n2)nc(Sc2ccc(NC(C)=O)cc2)nc1N1CCC(N)CC1. The number of carbonyl (C=O) groups excluding carboxylic acids is 1. The molecule has 1 aliphatic rings. The Bertz CT molecular complexity index is 1110. The van der Waals surface area contributed by atoms with Crippen molar-refractivity contribution < 1.29 is 9.53 Å². The summed E-state index contributed by atoms with van der Waals surface area (Å²) in [7, 11) is 1.62. The minimum atomic E-state index is -0.107. The molecule has 33 heavy (non-hydrogen) atoms. The molecule has 3 aromatic rings. The van der Waals surface area contributed by atoms with Gasteiger partial charge in [0.2, 0.25) is 11.7 Å². The number of methoxy groups -OCH3 is 1. The molecule has 1 aromatic carbocycles. The number of carbonyl (C=O) groups is 1. The number of hydrogen-bond acceptors (Lipinski definition) is 9. The first kappa shape index (κ1) is 22.9. The molecule has 0 spiro atoms. The number of aromatic nitrogens is 4. The Morgan fingerprint density at radius 1 is 1.24 bits per heavy atom. The molecule has 0 radical (unpaired) electrons. The van der Waals surface area contributed by atoms with Crippen molar-refractivity contribution in [1.82, 2.24) is 20.2 Å². The van der Waals surface area contributed by atoms with Crippen LogP contribution in [0.5, 0.6) is 5.75 Å². The van der Waals surface area contributed by atoms with E-state index in [1.165, 1.54) is 18.7 Å². The van der Waals surface area contributed by atoms with Crippen LogP contribution in [0.1, 0.15) is 25.5 Å². The van der Waals surface area contributed by atoms with Gasteiger partial charge in [0.25, 0.3) is 0 Å². The Labute approximate surface area is 196 Å². The number of amides is 1. The smallest absolute Gasteiger partial charge is 0.221 e. The molecule has 0 bridgehead atoms. The van der Waals surface area contributed by atoms with Gasteiger partial charge < -0.3 is 26.0 Å². The van der Waals surface area contributed by atoms with Crippen LogP contribution < -0.4 is 26.0 Å². The number of hydrogen-bond donors (Lipinski definition) is 4. The Hall–Kier alpha value is -3.31. The van der Waals surface area contributed by atoms with E-state index in [0.717, 1.165) is 48.0 Å². The molecule has 4 rings (SSSR count). The number of aromatic amines is 1. The maximum absolute atomic E-state index is 11.3. The number of rotatable bonds is 7. The molecule has 11 heteroatoms. The number of benzene rings is 1. The molecule has 2 aromatic heterocycles. The van der Waals surface area contributed by atoms with Crippen molar-refractivity contribution in [3.63, 3.8) is 0 Å². The van der Waals surface area contributed by atoms with Gasteiger partial charge in [-0.1, -0.05) is 0 Å². The first-order valence-electron chi connectivity index (χ1n) is 10.7. The summed E-state index contributed by atoms with van der Waals surface area (Å²) in [4.78, 5) is 24.0. The van der Waals surface area contributed by atoms with E-state index in [9.17, 15) is 4.79 Å². The lowest BCUT2D eigenvalue weighted by molar-refractivity contribution is -0.114. The van der Waals surface area contributed by atoms with E-state index >= 15 is 0 Å². The zero-order valence-electron chi connectivity index (χ0n) is 18.9. The maximum Gasteiger partial charge on any atom is 0.221 e. The van der Waals surface area contributed by atoms with Gasteiger partial charge in [-0.2, -0.15) is 5.10 Å². The minimum Gasteiger partial charge on any atom is -0.490 e. The fourth-order valence-corrected chi connectivity index (χ4v) is 4.33. The normalized spacial score (nSPS) is 14.2. The highest BCUT2D eigenvalue weighted by Gasteiger charge is 2.25. The summed E-state index contributed by atoms with van der Waals surface area (Å²) >= 11 is 1.43.